The second kappa shape index (κ2) is 6.50. The average Bonchev–Trinajstić information content (AvgIpc) is 2.98. The molecule has 0 aliphatic rings. The fourth-order valence-corrected chi connectivity index (χ4v) is 2.95. The van der Waals surface area contributed by atoms with Gasteiger partial charge in [0.1, 0.15) is 0 Å². The van der Waals surface area contributed by atoms with E-state index in [2.05, 4.69) is 27.9 Å². The molecule has 0 atom stereocenters. The van der Waals surface area contributed by atoms with Crippen LogP contribution in [0.3, 0.4) is 0 Å². The molecule has 0 aliphatic heterocycles. The Kier molecular flexibility index (Phi) is 4.68. The van der Waals surface area contributed by atoms with Crippen LogP contribution in [0.25, 0.3) is 0 Å². The van der Waals surface area contributed by atoms with Crippen LogP contribution in [-0.4, -0.2) is 21.7 Å². The third kappa shape index (κ3) is 3.93. The van der Waals surface area contributed by atoms with Gasteiger partial charge in [-0.05, 0) is 12.1 Å². The fraction of sp³-hybridized carbons (Fsp3) is 0.250. The Balaban J connectivity index is 1.88. The molecule has 2 rings (SSSR count). The summed E-state index contributed by atoms with van der Waals surface area (Å²) in [5.41, 5.74) is 0. The van der Waals surface area contributed by atoms with Gasteiger partial charge in [-0.3, -0.25) is 0 Å². The van der Waals surface area contributed by atoms with Gasteiger partial charge in [-0.1, -0.05) is 23.6 Å². The topological polar surface area (TPSA) is 48.9 Å². The van der Waals surface area contributed by atoms with Crippen molar-refractivity contribution in [2.45, 2.75) is 17.3 Å². The minimum Gasteiger partial charge on any atom is -0.395 e. The van der Waals surface area contributed by atoms with E-state index in [1.807, 2.05) is 12.3 Å². The zero-order valence-corrected chi connectivity index (χ0v) is 10.8. The van der Waals surface area contributed by atoms with Gasteiger partial charge in [0.2, 0.25) is 0 Å². The Morgan fingerprint density at radius 3 is 3.18 bits per heavy atom. The second-order valence-electron chi connectivity index (χ2n) is 3.22. The maximum absolute atomic E-state index is 8.63. The number of thioether (sulfide) groups is 1. The van der Waals surface area contributed by atoms with E-state index < -0.39 is 0 Å². The largest absolute Gasteiger partial charge is 0.395 e. The van der Waals surface area contributed by atoms with E-state index in [1.165, 1.54) is 4.88 Å². The van der Waals surface area contributed by atoms with Gasteiger partial charge in [-0.25, -0.2) is 4.98 Å². The molecule has 0 aromatic carbocycles. The number of aromatic nitrogens is 2. The van der Waals surface area contributed by atoms with Crippen molar-refractivity contribution in [2.75, 3.05) is 6.61 Å². The van der Waals surface area contributed by atoms with Crippen LogP contribution in [0, 0.1) is 11.8 Å². The first-order valence-corrected chi connectivity index (χ1v) is 6.99. The minimum absolute atomic E-state index is 0.125. The predicted octanol–water partition coefficient (Wildman–Crippen LogP) is 2.50. The van der Waals surface area contributed by atoms with Gasteiger partial charge in [0.05, 0.1) is 11.5 Å². The molecule has 2 aromatic rings. The highest BCUT2D eigenvalue weighted by Gasteiger charge is 2.00. The SMILES string of the molecule is OCCC#Cc1ccc(CSc2ncc[nH]2)s1. The molecule has 0 bridgehead atoms. The molecule has 88 valence electrons. The van der Waals surface area contributed by atoms with Crippen molar-refractivity contribution in [3.8, 4) is 11.8 Å². The summed E-state index contributed by atoms with van der Waals surface area (Å²) >= 11 is 3.36. The lowest BCUT2D eigenvalue weighted by Crippen LogP contribution is -1.76. The van der Waals surface area contributed by atoms with Crippen molar-refractivity contribution < 1.29 is 5.11 Å². The van der Waals surface area contributed by atoms with Gasteiger partial charge in [-0.15, -0.1) is 11.3 Å². The van der Waals surface area contributed by atoms with Gasteiger partial charge in [0, 0.05) is 29.4 Å². The summed E-state index contributed by atoms with van der Waals surface area (Å²) in [6.07, 6.45) is 4.11. The number of nitrogens with one attached hydrogen (secondary N) is 1. The Bertz CT molecular complexity index is 508. The van der Waals surface area contributed by atoms with Crippen LogP contribution in [0.2, 0.25) is 0 Å². The lowest BCUT2D eigenvalue weighted by atomic mass is 10.4. The second-order valence-corrected chi connectivity index (χ2v) is 5.36. The third-order valence-corrected chi connectivity index (χ3v) is 4.07. The summed E-state index contributed by atoms with van der Waals surface area (Å²) < 4.78 is 0. The number of aliphatic hydroxyl groups excluding tert-OH is 1. The number of imidazole rings is 1. The van der Waals surface area contributed by atoms with Crippen LogP contribution in [0.1, 0.15) is 16.2 Å². The van der Waals surface area contributed by atoms with Crippen LogP contribution in [-0.2, 0) is 5.75 Å². The zero-order valence-electron chi connectivity index (χ0n) is 9.14. The highest BCUT2D eigenvalue weighted by Crippen LogP contribution is 2.24. The monoisotopic (exact) mass is 264 g/mol. The summed E-state index contributed by atoms with van der Waals surface area (Å²) in [5, 5.41) is 9.56. The molecular formula is C12H12N2OS2. The van der Waals surface area contributed by atoms with Crippen LogP contribution in [0.4, 0.5) is 0 Å². The number of aliphatic hydroxyl groups is 1. The van der Waals surface area contributed by atoms with Crippen molar-refractivity contribution >= 4 is 23.1 Å². The summed E-state index contributed by atoms with van der Waals surface area (Å²) in [5.74, 6) is 6.86. The van der Waals surface area contributed by atoms with Gasteiger partial charge in [0.15, 0.2) is 5.16 Å². The molecule has 0 unspecified atom stereocenters. The van der Waals surface area contributed by atoms with Crippen molar-refractivity contribution in [2.24, 2.45) is 0 Å². The highest BCUT2D eigenvalue weighted by atomic mass is 32.2. The van der Waals surface area contributed by atoms with Gasteiger partial charge < -0.3 is 10.1 Å². The number of thiophene rings is 1. The highest BCUT2D eigenvalue weighted by molar-refractivity contribution is 7.98. The van der Waals surface area contributed by atoms with E-state index in [1.54, 1.807) is 29.3 Å². The summed E-state index contributed by atoms with van der Waals surface area (Å²) in [6.45, 7) is 0.125. The van der Waals surface area contributed by atoms with Crippen molar-refractivity contribution in [3.63, 3.8) is 0 Å². The zero-order chi connectivity index (χ0) is 11.9. The first-order chi connectivity index (χ1) is 8.38. The van der Waals surface area contributed by atoms with E-state index in [0.29, 0.717) is 6.42 Å². The summed E-state index contributed by atoms with van der Waals surface area (Å²) in [6, 6.07) is 4.11. The van der Waals surface area contributed by atoms with Crippen LogP contribution in [0.5, 0.6) is 0 Å². The molecule has 0 saturated heterocycles. The Morgan fingerprint density at radius 1 is 1.47 bits per heavy atom. The lowest BCUT2D eigenvalue weighted by Gasteiger charge is -1.93. The van der Waals surface area contributed by atoms with Crippen LogP contribution in [0.15, 0.2) is 29.7 Å². The van der Waals surface area contributed by atoms with E-state index in [0.717, 1.165) is 15.8 Å². The maximum atomic E-state index is 8.63. The number of nitrogens with zero attached hydrogens (tertiary/aromatic N) is 1. The molecule has 0 saturated carbocycles. The number of H-pyrrole nitrogens is 1. The number of aromatic amines is 1. The van der Waals surface area contributed by atoms with Gasteiger partial charge >= 0.3 is 0 Å². The van der Waals surface area contributed by atoms with Crippen molar-refractivity contribution in [1.82, 2.24) is 9.97 Å². The average molecular weight is 264 g/mol. The van der Waals surface area contributed by atoms with Gasteiger partial charge in [-0.2, -0.15) is 0 Å². The van der Waals surface area contributed by atoms with E-state index >= 15 is 0 Å². The smallest absolute Gasteiger partial charge is 0.165 e. The molecule has 2 heterocycles. The molecule has 2 aromatic heterocycles. The third-order valence-electron chi connectivity index (χ3n) is 1.93. The Labute approximate surface area is 108 Å². The van der Waals surface area contributed by atoms with Gasteiger partial charge in [0.25, 0.3) is 0 Å². The molecule has 0 amide bonds. The van der Waals surface area contributed by atoms with Crippen LogP contribution < -0.4 is 0 Å². The molecule has 0 aliphatic carbocycles. The quantitative estimate of drug-likeness (QED) is 0.659. The molecule has 0 spiro atoms. The van der Waals surface area contributed by atoms with Crippen molar-refractivity contribution in [3.05, 3.63) is 34.3 Å². The number of hydrogen-bond donors (Lipinski definition) is 2. The summed E-state index contributed by atoms with van der Waals surface area (Å²) in [7, 11) is 0. The Hall–Kier alpha value is -1.22. The van der Waals surface area contributed by atoms with Crippen molar-refractivity contribution in [1.29, 1.82) is 0 Å². The van der Waals surface area contributed by atoms with Crippen LogP contribution >= 0.6 is 23.1 Å². The van der Waals surface area contributed by atoms with E-state index in [4.69, 9.17) is 5.11 Å². The minimum atomic E-state index is 0.125. The standard InChI is InChI=1S/C12H12N2OS2/c15-8-2-1-3-10-4-5-11(17-10)9-16-12-13-6-7-14-12/h4-7,15H,2,8-9H2,(H,13,14). The normalized spacial score (nSPS) is 9.94. The number of rotatable bonds is 4. The van der Waals surface area contributed by atoms with E-state index in [-0.39, 0.29) is 6.61 Å². The molecule has 17 heavy (non-hydrogen) atoms. The number of hydrogen-bond acceptors (Lipinski definition) is 4. The summed E-state index contributed by atoms with van der Waals surface area (Å²) in [4.78, 5) is 9.54. The maximum Gasteiger partial charge on any atom is 0.165 e. The molecule has 5 heteroatoms. The lowest BCUT2D eigenvalue weighted by molar-refractivity contribution is 0.305. The molecule has 0 radical (unpaired) electrons. The predicted molar refractivity (Wildman–Crippen MR) is 71.0 cm³/mol. The van der Waals surface area contributed by atoms with E-state index in [9.17, 15) is 0 Å². The Morgan fingerprint density at radius 2 is 2.41 bits per heavy atom. The fourth-order valence-electron chi connectivity index (χ4n) is 1.20. The molecule has 2 N–H and O–H groups in total. The first kappa shape index (κ1) is 12.2. The first-order valence-electron chi connectivity index (χ1n) is 5.19. The molecular weight excluding hydrogens is 252 g/mol. The molecule has 3 nitrogen and oxygen atoms in total. The molecule has 0 fully saturated rings.